The molecule has 0 N–H and O–H groups in total. The van der Waals surface area contributed by atoms with E-state index in [1.54, 1.807) is 6.26 Å². The van der Waals surface area contributed by atoms with Gasteiger partial charge in [0.25, 0.3) is 0 Å². The molecule has 2 aromatic heterocycles. The van der Waals surface area contributed by atoms with Crippen LogP contribution in [0.15, 0.2) is 27.3 Å². The summed E-state index contributed by atoms with van der Waals surface area (Å²) >= 11 is 0. The molecule has 0 bridgehead atoms. The highest BCUT2D eigenvalue weighted by Gasteiger charge is 2.24. The van der Waals surface area contributed by atoms with E-state index in [1.807, 2.05) is 12.1 Å². The summed E-state index contributed by atoms with van der Waals surface area (Å²) in [4.78, 5) is 9.48. The van der Waals surface area contributed by atoms with E-state index in [1.165, 1.54) is 45.3 Å². The Morgan fingerprint density at radius 2 is 1.91 bits per heavy atom. The van der Waals surface area contributed by atoms with Gasteiger partial charge in [-0.1, -0.05) is 5.16 Å². The minimum absolute atomic E-state index is 0.536. The Hall–Kier alpha value is -1.66. The Labute approximate surface area is 136 Å². The van der Waals surface area contributed by atoms with Crippen LogP contribution < -0.4 is 0 Å². The second-order valence-corrected chi connectivity index (χ2v) is 6.72. The molecule has 4 heterocycles. The predicted molar refractivity (Wildman–Crippen MR) is 85.7 cm³/mol. The van der Waals surface area contributed by atoms with Gasteiger partial charge in [0.05, 0.1) is 12.8 Å². The summed E-state index contributed by atoms with van der Waals surface area (Å²) in [5, 5.41) is 3.99. The van der Waals surface area contributed by atoms with Crippen LogP contribution in [0.25, 0.3) is 11.6 Å². The molecule has 6 nitrogen and oxygen atoms in total. The monoisotopic (exact) mass is 316 g/mol. The molecule has 23 heavy (non-hydrogen) atoms. The van der Waals surface area contributed by atoms with Gasteiger partial charge < -0.3 is 13.8 Å². The van der Waals surface area contributed by atoms with Gasteiger partial charge in [-0.05, 0) is 69.9 Å². The van der Waals surface area contributed by atoms with Crippen LogP contribution in [0.3, 0.4) is 0 Å². The van der Waals surface area contributed by atoms with Crippen molar-refractivity contribution in [2.45, 2.75) is 32.2 Å². The van der Waals surface area contributed by atoms with Crippen LogP contribution in [0.4, 0.5) is 0 Å². The molecule has 2 aliphatic heterocycles. The molecular weight excluding hydrogens is 292 g/mol. The van der Waals surface area contributed by atoms with Crippen molar-refractivity contribution in [3.05, 3.63) is 24.3 Å². The van der Waals surface area contributed by atoms with Crippen molar-refractivity contribution in [3.63, 3.8) is 0 Å². The van der Waals surface area contributed by atoms with Gasteiger partial charge in [0, 0.05) is 6.54 Å². The first-order valence-electron chi connectivity index (χ1n) is 8.68. The average Bonchev–Trinajstić information content (AvgIpc) is 3.31. The van der Waals surface area contributed by atoms with E-state index in [2.05, 4.69) is 19.9 Å². The average molecular weight is 316 g/mol. The van der Waals surface area contributed by atoms with Crippen molar-refractivity contribution in [2.75, 3.05) is 32.7 Å². The lowest BCUT2D eigenvalue weighted by Gasteiger charge is -2.33. The molecule has 0 spiro atoms. The van der Waals surface area contributed by atoms with Gasteiger partial charge in [-0.2, -0.15) is 4.98 Å². The molecule has 0 saturated carbocycles. The van der Waals surface area contributed by atoms with Crippen molar-refractivity contribution in [1.82, 2.24) is 19.9 Å². The van der Waals surface area contributed by atoms with Gasteiger partial charge in [-0.3, -0.25) is 4.90 Å². The molecule has 6 heteroatoms. The van der Waals surface area contributed by atoms with Crippen molar-refractivity contribution in [3.8, 4) is 11.6 Å². The fraction of sp³-hybridized carbons (Fsp3) is 0.647. The van der Waals surface area contributed by atoms with Crippen LogP contribution in [0, 0.1) is 5.92 Å². The predicted octanol–water partition coefficient (Wildman–Crippen LogP) is 2.64. The van der Waals surface area contributed by atoms with Crippen molar-refractivity contribution in [2.24, 2.45) is 5.92 Å². The third-order valence-electron chi connectivity index (χ3n) is 4.99. The standard InChI is InChI=1S/C17H24N4O2/c1-2-8-20(7-1)12-14-5-9-21(10-6-14)13-16-18-17(19-23-16)15-4-3-11-22-15/h3-4,11,14H,1-2,5-10,12-13H2. The number of hydrogen-bond donors (Lipinski definition) is 0. The summed E-state index contributed by atoms with van der Waals surface area (Å²) < 4.78 is 10.7. The molecule has 2 aromatic rings. The minimum atomic E-state index is 0.536. The lowest BCUT2D eigenvalue weighted by Crippen LogP contribution is -2.37. The van der Waals surface area contributed by atoms with E-state index < -0.39 is 0 Å². The fourth-order valence-electron chi connectivity index (χ4n) is 3.67. The van der Waals surface area contributed by atoms with Crippen LogP contribution >= 0.6 is 0 Å². The highest BCUT2D eigenvalue weighted by atomic mass is 16.5. The van der Waals surface area contributed by atoms with E-state index in [-0.39, 0.29) is 0 Å². The van der Waals surface area contributed by atoms with E-state index in [4.69, 9.17) is 8.94 Å². The summed E-state index contributed by atoms with van der Waals surface area (Å²) in [6, 6.07) is 3.68. The van der Waals surface area contributed by atoms with Crippen molar-refractivity contribution in [1.29, 1.82) is 0 Å². The Morgan fingerprint density at radius 3 is 2.65 bits per heavy atom. The highest BCUT2D eigenvalue weighted by molar-refractivity contribution is 5.44. The second kappa shape index (κ2) is 6.84. The van der Waals surface area contributed by atoms with Crippen LogP contribution in [0.1, 0.15) is 31.6 Å². The smallest absolute Gasteiger partial charge is 0.241 e. The maximum Gasteiger partial charge on any atom is 0.241 e. The summed E-state index contributed by atoms with van der Waals surface area (Å²) in [6.45, 7) is 6.88. The van der Waals surface area contributed by atoms with Crippen LogP contribution in [-0.2, 0) is 6.54 Å². The third-order valence-corrected chi connectivity index (χ3v) is 4.99. The zero-order valence-corrected chi connectivity index (χ0v) is 13.5. The molecule has 124 valence electrons. The van der Waals surface area contributed by atoms with Gasteiger partial charge in [0.1, 0.15) is 0 Å². The lowest BCUT2D eigenvalue weighted by molar-refractivity contribution is 0.137. The zero-order valence-electron chi connectivity index (χ0n) is 13.5. The lowest BCUT2D eigenvalue weighted by atomic mass is 9.96. The van der Waals surface area contributed by atoms with Gasteiger partial charge >= 0.3 is 0 Å². The number of furan rings is 1. The molecule has 0 aliphatic carbocycles. The number of nitrogens with zero attached hydrogens (tertiary/aromatic N) is 4. The van der Waals surface area contributed by atoms with Gasteiger partial charge in [0.2, 0.25) is 11.7 Å². The van der Waals surface area contributed by atoms with E-state index in [0.717, 1.165) is 25.6 Å². The second-order valence-electron chi connectivity index (χ2n) is 6.72. The maximum absolute atomic E-state index is 5.35. The molecule has 0 atom stereocenters. The Bertz CT molecular complexity index is 596. The Kier molecular flexibility index (Phi) is 4.43. The van der Waals surface area contributed by atoms with Gasteiger partial charge in [-0.25, -0.2) is 0 Å². The molecule has 2 saturated heterocycles. The molecule has 0 aromatic carbocycles. The first kappa shape index (κ1) is 14.9. The number of likely N-dealkylation sites (tertiary alicyclic amines) is 2. The number of aromatic nitrogens is 2. The van der Waals surface area contributed by atoms with Crippen LogP contribution in [-0.4, -0.2) is 52.7 Å². The number of piperidine rings is 1. The van der Waals surface area contributed by atoms with Gasteiger partial charge in [-0.15, -0.1) is 0 Å². The first-order valence-corrected chi connectivity index (χ1v) is 8.68. The molecule has 0 unspecified atom stereocenters. The Morgan fingerprint density at radius 1 is 1.09 bits per heavy atom. The summed E-state index contributed by atoms with van der Waals surface area (Å²) in [7, 11) is 0. The first-order chi connectivity index (χ1) is 11.4. The molecule has 0 radical (unpaired) electrons. The normalized spacial score (nSPS) is 21.2. The molecule has 4 rings (SSSR count). The SMILES string of the molecule is c1coc(-c2noc(CN3CCC(CN4CCCC4)CC3)n2)c1. The van der Waals surface area contributed by atoms with E-state index >= 15 is 0 Å². The van der Waals surface area contributed by atoms with E-state index in [9.17, 15) is 0 Å². The minimum Gasteiger partial charge on any atom is -0.461 e. The third kappa shape index (κ3) is 3.64. The maximum atomic E-state index is 5.35. The molecule has 0 amide bonds. The van der Waals surface area contributed by atoms with Crippen LogP contribution in [0.2, 0.25) is 0 Å². The molecule has 2 fully saturated rings. The summed E-state index contributed by atoms with van der Waals surface area (Å²) in [6.07, 6.45) is 6.93. The topological polar surface area (TPSA) is 58.5 Å². The van der Waals surface area contributed by atoms with Crippen molar-refractivity contribution < 1.29 is 8.94 Å². The Balaban J connectivity index is 1.26. The van der Waals surface area contributed by atoms with E-state index in [0.29, 0.717) is 17.5 Å². The quantitative estimate of drug-likeness (QED) is 0.845. The van der Waals surface area contributed by atoms with Crippen LogP contribution in [0.5, 0.6) is 0 Å². The summed E-state index contributed by atoms with van der Waals surface area (Å²) in [5.41, 5.74) is 0. The largest absolute Gasteiger partial charge is 0.461 e. The number of hydrogen-bond acceptors (Lipinski definition) is 6. The summed E-state index contributed by atoms with van der Waals surface area (Å²) in [5.74, 6) is 2.72. The molecular formula is C17H24N4O2. The fourth-order valence-corrected chi connectivity index (χ4v) is 3.67. The van der Waals surface area contributed by atoms with Gasteiger partial charge in [0.15, 0.2) is 5.76 Å². The van der Waals surface area contributed by atoms with Crippen molar-refractivity contribution >= 4 is 0 Å². The highest BCUT2D eigenvalue weighted by Crippen LogP contribution is 2.22. The zero-order chi connectivity index (χ0) is 15.5. The number of rotatable bonds is 5. The molecule has 2 aliphatic rings.